The van der Waals surface area contributed by atoms with Crippen molar-refractivity contribution in [2.24, 2.45) is 0 Å². The predicted octanol–water partition coefficient (Wildman–Crippen LogP) is 1.97. The maximum absolute atomic E-state index is 2.28. The molecule has 8 heavy (non-hydrogen) atoms. The first-order chi connectivity index (χ1) is 3.91. The Morgan fingerprint density at radius 3 is 1.50 bits per heavy atom. The van der Waals surface area contributed by atoms with E-state index >= 15 is 0 Å². The van der Waals surface area contributed by atoms with Gasteiger partial charge in [0.15, 0.2) is 0 Å². The molecule has 0 amide bonds. The molecule has 0 spiro atoms. The van der Waals surface area contributed by atoms with Crippen LogP contribution < -0.4 is 0 Å². The third-order valence-electron chi connectivity index (χ3n) is 0.658. The molecule has 0 N–H and O–H groups in total. The van der Waals surface area contributed by atoms with Gasteiger partial charge in [0.2, 0.25) is 0 Å². The summed E-state index contributed by atoms with van der Waals surface area (Å²) >= 11 is 2.08. The van der Waals surface area contributed by atoms with Crippen molar-refractivity contribution in [3.8, 4) is 0 Å². The third-order valence-corrected chi connectivity index (χ3v) is 8.87. The summed E-state index contributed by atoms with van der Waals surface area (Å²) in [6.07, 6.45) is 2.82. The zero-order valence-electron chi connectivity index (χ0n) is 5.64. The van der Waals surface area contributed by atoms with Crippen LogP contribution in [0.3, 0.4) is 0 Å². The van der Waals surface area contributed by atoms with Crippen LogP contribution in [0.15, 0.2) is 0 Å². The molecular formula is C6H14Se2. The van der Waals surface area contributed by atoms with Crippen molar-refractivity contribution in [3.05, 3.63) is 0 Å². The van der Waals surface area contributed by atoms with Crippen LogP contribution in [0.4, 0.5) is 0 Å². The van der Waals surface area contributed by atoms with Crippen molar-refractivity contribution in [3.63, 3.8) is 0 Å². The van der Waals surface area contributed by atoms with E-state index in [1.165, 1.54) is 23.5 Å². The SMILES string of the molecule is CCC[Se][Se]CCC. The van der Waals surface area contributed by atoms with Gasteiger partial charge in [0.1, 0.15) is 0 Å². The van der Waals surface area contributed by atoms with E-state index in [2.05, 4.69) is 13.8 Å². The van der Waals surface area contributed by atoms with Crippen molar-refractivity contribution < 1.29 is 0 Å². The molecule has 0 aliphatic rings. The van der Waals surface area contributed by atoms with Gasteiger partial charge >= 0.3 is 63.6 Å². The van der Waals surface area contributed by atoms with Crippen molar-refractivity contribution in [1.29, 1.82) is 0 Å². The Morgan fingerprint density at radius 1 is 0.875 bits per heavy atom. The molecule has 0 aliphatic heterocycles. The molecule has 50 valence electrons. The summed E-state index contributed by atoms with van der Waals surface area (Å²) in [7, 11) is 0. The fraction of sp³-hybridized carbons (Fsp3) is 1.00. The van der Waals surface area contributed by atoms with Crippen LogP contribution in [0.25, 0.3) is 0 Å². The molecule has 2 heteroatoms. The van der Waals surface area contributed by atoms with Gasteiger partial charge in [-0.05, 0) is 0 Å². The van der Waals surface area contributed by atoms with E-state index in [0.29, 0.717) is 0 Å². The summed E-state index contributed by atoms with van der Waals surface area (Å²) in [5.74, 6) is 0. The maximum atomic E-state index is 2.28. The fourth-order valence-corrected chi connectivity index (χ4v) is 7.68. The normalized spacial score (nSPS) is 9.75. The molecule has 0 aromatic heterocycles. The predicted molar refractivity (Wildman–Crippen MR) is 41.7 cm³/mol. The van der Waals surface area contributed by atoms with Gasteiger partial charge < -0.3 is 0 Å². The summed E-state index contributed by atoms with van der Waals surface area (Å²) in [4.78, 5) is 0. The van der Waals surface area contributed by atoms with Crippen molar-refractivity contribution in [2.75, 3.05) is 0 Å². The van der Waals surface area contributed by atoms with Crippen LogP contribution in [0.1, 0.15) is 26.7 Å². The van der Waals surface area contributed by atoms with Gasteiger partial charge in [0.25, 0.3) is 0 Å². The molecule has 0 heterocycles. The molecule has 0 saturated heterocycles. The first-order valence-electron chi connectivity index (χ1n) is 3.16. The van der Waals surface area contributed by atoms with Crippen LogP contribution in [0, 0.1) is 0 Å². The van der Waals surface area contributed by atoms with E-state index in [4.69, 9.17) is 0 Å². The van der Waals surface area contributed by atoms with Gasteiger partial charge in [-0.2, -0.15) is 0 Å². The molecular weight excluding hydrogens is 230 g/mol. The Balaban J connectivity index is 2.53. The van der Waals surface area contributed by atoms with Crippen LogP contribution in [0.5, 0.6) is 0 Å². The molecule has 0 atom stereocenters. The van der Waals surface area contributed by atoms with Crippen LogP contribution >= 0.6 is 0 Å². The molecule has 0 unspecified atom stereocenters. The first kappa shape index (κ1) is 9.04. The zero-order chi connectivity index (χ0) is 6.24. The van der Waals surface area contributed by atoms with Crippen LogP contribution in [0.2, 0.25) is 10.6 Å². The van der Waals surface area contributed by atoms with Gasteiger partial charge in [0.05, 0.1) is 0 Å². The average Bonchev–Trinajstić information content (AvgIpc) is 1.81. The fourth-order valence-electron chi connectivity index (χ4n) is 0.285. The van der Waals surface area contributed by atoms with Gasteiger partial charge in [-0.1, -0.05) is 0 Å². The molecule has 0 rings (SSSR count). The summed E-state index contributed by atoms with van der Waals surface area (Å²) in [5, 5.41) is 3.04. The molecule has 0 bridgehead atoms. The Labute approximate surface area is 63.7 Å². The third kappa shape index (κ3) is 7.04. The van der Waals surface area contributed by atoms with E-state index in [1.807, 2.05) is 0 Å². The second-order valence-corrected chi connectivity index (χ2v) is 9.49. The molecule has 0 radical (unpaired) electrons. The average molecular weight is 244 g/mol. The molecule has 0 nitrogen and oxygen atoms in total. The van der Waals surface area contributed by atoms with Gasteiger partial charge in [-0.3, -0.25) is 0 Å². The van der Waals surface area contributed by atoms with Crippen molar-refractivity contribution in [1.82, 2.24) is 0 Å². The number of rotatable bonds is 5. The Bertz CT molecular complexity index is 31.5. The second-order valence-electron chi connectivity index (χ2n) is 1.64. The number of hydrogen-bond donors (Lipinski definition) is 0. The Kier molecular flexibility index (Phi) is 9.08. The van der Waals surface area contributed by atoms with E-state index in [-0.39, 0.29) is 0 Å². The summed E-state index contributed by atoms with van der Waals surface area (Å²) in [6, 6.07) is 0. The first-order valence-corrected chi connectivity index (χ1v) is 9.91. The minimum atomic E-state index is 1.04. The van der Waals surface area contributed by atoms with Crippen LogP contribution in [-0.4, -0.2) is 26.3 Å². The standard InChI is InChI=1S/C6H14Se2/c1-3-5-7-8-6-4-2/h3-6H2,1-2H3. The van der Waals surface area contributed by atoms with E-state index in [9.17, 15) is 0 Å². The molecule has 0 fully saturated rings. The minimum absolute atomic E-state index is 1.04. The van der Waals surface area contributed by atoms with E-state index in [1.54, 1.807) is 0 Å². The number of hydrogen-bond acceptors (Lipinski definition) is 0. The van der Waals surface area contributed by atoms with E-state index in [0.717, 1.165) is 26.3 Å². The zero-order valence-corrected chi connectivity index (χ0v) is 9.07. The van der Waals surface area contributed by atoms with Gasteiger partial charge in [-0.15, -0.1) is 0 Å². The Hall–Kier alpha value is 1.04. The Morgan fingerprint density at radius 2 is 1.25 bits per heavy atom. The van der Waals surface area contributed by atoms with E-state index < -0.39 is 0 Å². The molecule has 0 saturated carbocycles. The van der Waals surface area contributed by atoms with Gasteiger partial charge in [0, 0.05) is 0 Å². The van der Waals surface area contributed by atoms with Crippen molar-refractivity contribution >= 4 is 26.3 Å². The monoisotopic (exact) mass is 246 g/mol. The topological polar surface area (TPSA) is 0 Å². The van der Waals surface area contributed by atoms with Crippen LogP contribution in [-0.2, 0) is 0 Å². The van der Waals surface area contributed by atoms with Gasteiger partial charge in [-0.25, -0.2) is 0 Å². The summed E-state index contributed by atoms with van der Waals surface area (Å²) < 4.78 is 0. The summed E-state index contributed by atoms with van der Waals surface area (Å²) in [6.45, 7) is 4.56. The molecule has 0 aliphatic carbocycles. The van der Waals surface area contributed by atoms with Crippen molar-refractivity contribution in [2.45, 2.75) is 37.3 Å². The second kappa shape index (κ2) is 8.04. The molecule has 0 aromatic rings. The quantitative estimate of drug-likeness (QED) is 0.512. The molecule has 0 aromatic carbocycles. The summed E-state index contributed by atoms with van der Waals surface area (Å²) in [5.41, 5.74) is 0.